The summed E-state index contributed by atoms with van der Waals surface area (Å²) in [5.74, 6) is 0.509. The molecule has 0 bridgehead atoms. The molecular formula is C18H25ClN2OS. The lowest BCUT2D eigenvalue weighted by atomic mass is 10.0. The first-order valence-electron chi connectivity index (χ1n) is 7.64. The van der Waals surface area contributed by atoms with Gasteiger partial charge in [0.25, 0.3) is 5.91 Å². The summed E-state index contributed by atoms with van der Waals surface area (Å²) in [5, 5.41) is 1.98. The van der Waals surface area contributed by atoms with Gasteiger partial charge in [-0.25, -0.2) is 0 Å². The maximum absolute atomic E-state index is 12.7. The lowest BCUT2D eigenvalue weighted by molar-refractivity contribution is 0.0794. The molecule has 1 heterocycles. The molecule has 0 aliphatic rings. The molecule has 3 nitrogen and oxygen atoms in total. The number of nitrogens with two attached hydrogens (primary N) is 1. The third kappa shape index (κ3) is 5.06. The Morgan fingerprint density at radius 3 is 2.48 bits per heavy atom. The molecule has 0 aliphatic heterocycles. The Morgan fingerprint density at radius 1 is 1.22 bits per heavy atom. The maximum atomic E-state index is 12.7. The molecule has 1 aromatic carbocycles. The van der Waals surface area contributed by atoms with E-state index in [9.17, 15) is 4.79 Å². The molecule has 1 unspecified atom stereocenters. The van der Waals surface area contributed by atoms with Gasteiger partial charge in [-0.2, -0.15) is 0 Å². The second-order valence-electron chi connectivity index (χ2n) is 5.95. The molecule has 0 saturated carbocycles. The topological polar surface area (TPSA) is 46.3 Å². The highest BCUT2D eigenvalue weighted by molar-refractivity contribution is 7.12. The van der Waals surface area contributed by atoms with E-state index in [1.54, 1.807) is 4.90 Å². The number of rotatable bonds is 6. The zero-order valence-corrected chi connectivity index (χ0v) is 15.5. The van der Waals surface area contributed by atoms with Crippen LogP contribution in [0.5, 0.6) is 0 Å². The van der Waals surface area contributed by atoms with Crippen LogP contribution in [0, 0.1) is 5.92 Å². The number of thiophene rings is 1. The van der Waals surface area contributed by atoms with Crippen molar-refractivity contribution >= 4 is 29.7 Å². The summed E-state index contributed by atoms with van der Waals surface area (Å²) in [5.41, 5.74) is 8.16. The van der Waals surface area contributed by atoms with Crippen molar-refractivity contribution < 1.29 is 4.79 Å². The van der Waals surface area contributed by atoms with Gasteiger partial charge in [0.05, 0.1) is 4.88 Å². The van der Waals surface area contributed by atoms with Crippen LogP contribution in [-0.4, -0.2) is 30.4 Å². The van der Waals surface area contributed by atoms with E-state index in [4.69, 9.17) is 5.73 Å². The van der Waals surface area contributed by atoms with E-state index in [1.165, 1.54) is 11.3 Å². The molecular weight excluding hydrogens is 328 g/mol. The van der Waals surface area contributed by atoms with Gasteiger partial charge in [0.15, 0.2) is 0 Å². The van der Waals surface area contributed by atoms with Crippen molar-refractivity contribution in [2.75, 3.05) is 13.6 Å². The summed E-state index contributed by atoms with van der Waals surface area (Å²) in [6, 6.07) is 12.2. The van der Waals surface area contributed by atoms with E-state index in [1.807, 2.05) is 48.8 Å². The highest BCUT2D eigenvalue weighted by Crippen LogP contribution is 2.29. The predicted molar refractivity (Wildman–Crippen MR) is 101 cm³/mol. The fraction of sp³-hybridized carbons (Fsp3) is 0.389. The van der Waals surface area contributed by atoms with Crippen LogP contribution in [-0.2, 0) is 0 Å². The minimum Gasteiger partial charge on any atom is -0.341 e. The van der Waals surface area contributed by atoms with Gasteiger partial charge in [0.2, 0.25) is 0 Å². The zero-order valence-electron chi connectivity index (χ0n) is 13.9. The van der Waals surface area contributed by atoms with Gasteiger partial charge in [0.1, 0.15) is 0 Å². The molecule has 1 atom stereocenters. The molecule has 5 heteroatoms. The molecule has 126 valence electrons. The average Bonchev–Trinajstić information content (AvgIpc) is 3.01. The zero-order chi connectivity index (χ0) is 16.1. The molecule has 23 heavy (non-hydrogen) atoms. The Bertz CT molecular complexity index is 612. The molecule has 1 amide bonds. The second kappa shape index (κ2) is 9.06. The molecule has 2 aromatic rings. The van der Waals surface area contributed by atoms with E-state index >= 15 is 0 Å². The van der Waals surface area contributed by atoms with Crippen molar-refractivity contribution in [1.82, 2.24) is 4.90 Å². The number of hydrogen-bond donors (Lipinski definition) is 1. The highest BCUT2D eigenvalue weighted by Gasteiger charge is 2.19. The Hall–Kier alpha value is -1.36. The number of hydrogen-bond acceptors (Lipinski definition) is 3. The van der Waals surface area contributed by atoms with Crippen molar-refractivity contribution in [2.45, 2.75) is 26.3 Å². The van der Waals surface area contributed by atoms with Gasteiger partial charge in [-0.05, 0) is 29.3 Å². The Morgan fingerprint density at radius 2 is 1.87 bits per heavy atom. The third-order valence-electron chi connectivity index (χ3n) is 3.95. The van der Waals surface area contributed by atoms with E-state index in [-0.39, 0.29) is 24.4 Å². The Balaban J connectivity index is 0.00000264. The van der Waals surface area contributed by atoms with E-state index in [2.05, 4.69) is 13.8 Å². The number of carbonyl (C=O) groups is 1. The minimum absolute atomic E-state index is 0. The van der Waals surface area contributed by atoms with Gasteiger partial charge < -0.3 is 10.6 Å². The largest absolute Gasteiger partial charge is 0.341 e. The van der Waals surface area contributed by atoms with E-state index in [0.29, 0.717) is 12.5 Å². The van der Waals surface area contributed by atoms with Gasteiger partial charge >= 0.3 is 0 Å². The molecule has 0 fully saturated rings. The van der Waals surface area contributed by atoms with Gasteiger partial charge in [-0.3, -0.25) is 4.79 Å². The second-order valence-corrected chi connectivity index (χ2v) is 6.87. The number of benzene rings is 1. The van der Waals surface area contributed by atoms with Crippen LogP contribution in [0.25, 0.3) is 11.1 Å². The number of halogens is 1. The monoisotopic (exact) mass is 352 g/mol. The standard InChI is InChI=1S/C18H24N2OS.ClH/c1-13(2)16(19)9-11-20(3)18(21)17-15(10-12-22-17)14-7-5-4-6-8-14;/h4-8,10,12-13,16H,9,11,19H2,1-3H3;1H. The number of carbonyl (C=O) groups excluding carboxylic acids is 1. The normalized spacial score (nSPS) is 11.9. The number of nitrogens with zero attached hydrogens (tertiary/aromatic N) is 1. The molecule has 0 spiro atoms. The van der Waals surface area contributed by atoms with Crippen molar-refractivity contribution in [3.05, 3.63) is 46.7 Å². The highest BCUT2D eigenvalue weighted by atomic mass is 35.5. The van der Waals surface area contributed by atoms with Crippen LogP contribution in [0.2, 0.25) is 0 Å². The molecule has 2 N–H and O–H groups in total. The summed E-state index contributed by atoms with van der Waals surface area (Å²) in [7, 11) is 1.85. The van der Waals surface area contributed by atoms with Crippen molar-refractivity contribution in [2.24, 2.45) is 11.7 Å². The summed E-state index contributed by atoms with van der Waals surface area (Å²) in [6.45, 7) is 4.91. The summed E-state index contributed by atoms with van der Waals surface area (Å²) >= 11 is 1.50. The van der Waals surface area contributed by atoms with Crippen LogP contribution >= 0.6 is 23.7 Å². The maximum Gasteiger partial charge on any atom is 0.264 e. The van der Waals surface area contributed by atoms with Gasteiger partial charge in [0, 0.05) is 25.2 Å². The van der Waals surface area contributed by atoms with Gasteiger partial charge in [-0.1, -0.05) is 44.2 Å². The summed E-state index contributed by atoms with van der Waals surface area (Å²) in [4.78, 5) is 15.3. The minimum atomic E-state index is 0. The molecule has 2 rings (SSSR count). The number of amides is 1. The first-order chi connectivity index (χ1) is 10.5. The Kier molecular flexibility index (Phi) is 7.76. The van der Waals surface area contributed by atoms with Crippen molar-refractivity contribution in [3.8, 4) is 11.1 Å². The van der Waals surface area contributed by atoms with Crippen LogP contribution in [0.3, 0.4) is 0 Å². The van der Waals surface area contributed by atoms with Gasteiger partial charge in [-0.15, -0.1) is 23.7 Å². The fourth-order valence-electron chi connectivity index (χ4n) is 2.27. The lowest BCUT2D eigenvalue weighted by Crippen LogP contribution is -2.34. The predicted octanol–water partition coefficient (Wildman–Crippen LogP) is 4.28. The average molecular weight is 353 g/mol. The lowest BCUT2D eigenvalue weighted by Gasteiger charge is -2.21. The third-order valence-corrected chi connectivity index (χ3v) is 4.85. The fourth-order valence-corrected chi connectivity index (χ4v) is 3.18. The summed E-state index contributed by atoms with van der Waals surface area (Å²) < 4.78 is 0. The van der Waals surface area contributed by atoms with E-state index < -0.39 is 0 Å². The first kappa shape index (κ1) is 19.7. The van der Waals surface area contributed by atoms with Crippen LogP contribution in [0.4, 0.5) is 0 Å². The molecule has 0 saturated heterocycles. The Labute approximate surface area is 148 Å². The molecule has 0 aliphatic carbocycles. The SMILES string of the molecule is CC(C)C(N)CCN(C)C(=O)c1sccc1-c1ccccc1.Cl. The molecule has 1 aromatic heterocycles. The first-order valence-corrected chi connectivity index (χ1v) is 8.52. The van der Waals surface area contributed by atoms with Crippen LogP contribution in [0.15, 0.2) is 41.8 Å². The van der Waals surface area contributed by atoms with Crippen molar-refractivity contribution in [3.63, 3.8) is 0 Å². The van der Waals surface area contributed by atoms with Crippen LogP contribution in [0.1, 0.15) is 29.9 Å². The van der Waals surface area contributed by atoms with Crippen molar-refractivity contribution in [1.29, 1.82) is 0 Å². The smallest absolute Gasteiger partial charge is 0.264 e. The molecule has 0 radical (unpaired) electrons. The summed E-state index contributed by atoms with van der Waals surface area (Å²) in [6.07, 6.45) is 0.825. The quantitative estimate of drug-likeness (QED) is 0.843. The van der Waals surface area contributed by atoms with E-state index in [0.717, 1.165) is 22.4 Å². The van der Waals surface area contributed by atoms with Crippen LogP contribution < -0.4 is 5.73 Å².